The van der Waals surface area contributed by atoms with Crippen LogP contribution in [0.2, 0.25) is 0 Å². The molecule has 2 saturated heterocycles. The smallest absolute Gasteiger partial charge is 0.186 e. The van der Waals surface area contributed by atoms with Gasteiger partial charge in [-0.15, -0.1) is 0 Å². The van der Waals surface area contributed by atoms with Crippen LogP contribution < -0.4 is 5.73 Å². The topological polar surface area (TPSA) is 205 Å². The van der Waals surface area contributed by atoms with Crippen LogP contribution in [0.15, 0.2) is 0 Å². The van der Waals surface area contributed by atoms with Crippen molar-refractivity contribution >= 4 is 0 Å². The van der Waals surface area contributed by atoms with E-state index in [1.165, 1.54) is 0 Å². The van der Waals surface area contributed by atoms with Gasteiger partial charge in [-0.3, -0.25) is 0 Å². The van der Waals surface area contributed by atoms with Gasteiger partial charge in [-0.2, -0.15) is 0 Å². The van der Waals surface area contributed by atoms with Crippen LogP contribution >= 0.6 is 0 Å². The first-order valence-corrected chi connectivity index (χ1v) is 9.25. The average Bonchev–Trinajstić information content (AvgIpc) is 3.13. The summed E-state index contributed by atoms with van der Waals surface area (Å²) in [5, 5.41) is 68.5. The summed E-state index contributed by atoms with van der Waals surface area (Å²) in [6.07, 6.45) is -12.2. The fourth-order valence-corrected chi connectivity index (χ4v) is 3.09. The van der Waals surface area contributed by atoms with E-state index in [9.17, 15) is 30.6 Å². The van der Waals surface area contributed by atoms with E-state index in [2.05, 4.69) is 0 Å². The zero-order valence-corrected chi connectivity index (χ0v) is 15.4. The van der Waals surface area contributed by atoms with Crippen molar-refractivity contribution in [2.75, 3.05) is 26.4 Å². The molecule has 0 spiro atoms. The summed E-state index contributed by atoms with van der Waals surface area (Å²) in [7, 11) is 0. The van der Waals surface area contributed by atoms with Crippen molar-refractivity contribution in [3.05, 3.63) is 0 Å². The summed E-state index contributed by atoms with van der Waals surface area (Å²) in [5.74, 6) is 0. The van der Waals surface area contributed by atoms with Crippen molar-refractivity contribution in [1.29, 1.82) is 0 Å². The molecule has 12 nitrogen and oxygen atoms in total. The number of hydrogen-bond donors (Lipinski definition) is 8. The lowest BCUT2D eigenvalue weighted by Crippen LogP contribution is -2.43. The van der Waals surface area contributed by atoms with Crippen molar-refractivity contribution in [2.24, 2.45) is 5.73 Å². The van der Waals surface area contributed by atoms with E-state index in [4.69, 9.17) is 29.8 Å². The zero-order valence-electron chi connectivity index (χ0n) is 15.4. The van der Waals surface area contributed by atoms with Gasteiger partial charge < -0.3 is 60.4 Å². The van der Waals surface area contributed by atoms with Gasteiger partial charge in [-0.25, -0.2) is 0 Å². The van der Waals surface area contributed by atoms with Crippen LogP contribution in [0, 0.1) is 0 Å². The minimum absolute atomic E-state index is 0.263. The molecule has 2 aliphatic heterocycles. The molecule has 166 valence electrons. The molecule has 0 aromatic rings. The third-order valence-electron chi connectivity index (χ3n) is 4.77. The minimum atomic E-state index is -1.52. The molecule has 0 saturated carbocycles. The summed E-state index contributed by atoms with van der Waals surface area (Å²) in [6.45, 7) is -0.389. The summed E-state index contributed by atoms with van der Waals surface area (Å²) in [6, 6.07) is 0. The molecule has 28 heavy (non-hydrogen) atoms. The summed E-state index contributed by atoms with van der Waals surface area (Å²) < 4.78 is 21.1. The van der Waals surface area contributed by atoms with E-state index in [1.54, 1.807) is 0 Å². The first-order chi connectivity index (χ1) is 13.3. The molecule has 2 heterocycles. The predicted molar refractivity (Wildman–Crippen MR) is 90.6 cm³/mol. The average molecular weight is 413 g/mol. The normalized spacial score (nSPS) is 40.7. The highest BCUT2D eigenvalue weighted by molar-refractivity contribution is 4.93. The molecule has 0 bridgehead atoms. The highest BCUT2D eigenvalue weighted by atomic mass is 16.7. The zero-order chi connectivity index (χ0) is 20.8. The van der Waals surface area contributed by atoms with Crippen molar-refractivity contribution in [3.63, 3.8) is 0 Å². The lowest BCUT2D eigenvalue weighted by molar-refractivity contribution is -0.211. The quantitative estimate of drug-likeness (QED) is 0.151. The van der Waals surface area contributed by atoms with Crippen molar-refractivity contribution in [1.82, 2.24) is 0 Å². The van der Waals surface area contributed by atoms with Gasteiger partial charge in [0.15, 0.2) is 12.6 Å². The highest BCUT2D eigenvalue weighted by Gasteiger charge is 2.49. The number of nitrogens with two attached hydrogens (primary N) is 1. The predicted octanol–water partition coefficient (Wildman–Crippen LogP) is -4.63. The monoisotopic (exact) mass is 413 g/mol. The fraction of sp³-hybridized carbons (Fsp3) is 1.00. The molecule has 10 atom stereocenters. The second kappa shape index (κ2) is 11.1. The van der Waals surface area contributed by atoms with Gasteiger partial charge in [0.1, 0.15) is 48.8 Å². The van der Waals surface area contributed by atoms with Crippen molar-refractivity contribution < 1.29 is 54.7 Å². The second-order valence-electron chi connectivity index (χ2n) is 6.92. The van der Waals surface area contributed by atoms with E-state index < -0.39 is 74.6 Å². The van der Waals surface area contributed by atoms with Crippen LogP contribution in [-0.4, -0.2) is 124 Å². The number of hydrogen-bond acceptors (Lipinski definition) is 12. The Labute approximate surface area is 162 Å². The van der Waals surface area contributed by atoms with Gasteiger partial charge in [0, 0.05) is 6.61 Å². The van der Waals surface area contributed by atoms with E-state index >= 15 is 0 Å². The lowest BCUT2D eigenvalue weighted by atomic mass is 10.1. The Morgan fingerprint density at radius 3 is 1.86 bits per heavy atom. The Balaban J connectivity index is 1.81. The van der Waals surface area contributed by atoms with Crippen molar-refractivity contribution in [2.45, 2.75) is 74.3 Å². The molecule has 0 aliphatic carbocycles. The molecule has 2 fully saturated rings. The molecule has 0 radical (unpaired) electrons. The van der Waals surface area contributed by atoms with Gasteiger partial charge in [0.2, 0.25) is 0 Å². The molecule has 2 unspecified atom stereocenters. The van der Waals surface area contributed by atoms with Crippen LogP contribution in [0.4, 0.5) is 0 Å². The number of aliphatic hydroxyl groups is 7. The Morgan fingerprint density at radius 2 is 1.32 bits per heavy atom. The van der Waals surface area contributed by atoms with E-state index in [0.29, 0.717) is 13.0 Å². The molecule has 9 N–H and O–H groups in total. The van der Waals surface area contributed by atoms with Crippen molar-refractivity contribution in [3.8, 4) is 0 Å². The molecule has 2 rings (SSSR count). The fourth-order valence-electron chi connectivity index (χ4n) is 3.09. The summed E-state index contributed by atoms with van der Waals surface area (Å²) in [4.78, 5) is 0. The molecule has 2 aliphatic rings. The number of unbranched alkanes of at least 4 members (excludes halogenated alkanes) is 1. The Morgan fingerprint density at radius 1 is 0.786 bits per heavy atom. The first-order valence-electron chi connectivity index (χ1n) is 9.25. The summed E-state index contributed by atoms with van der Waals surface area (Å²) >= 11 is 0. The number of aliphatic hydroxyl groups excluding tert-OH is 7. The Bertz CT molecular complexity index is 458. The Kier molecular flexibility index (Phi) is 9.40. The van der Waals surface area contributed by atoms with Gasteiger partial charge in [-0.05, 0) is 19.4 Å². The molecule has 0 aromatic heterocycles. The van der Waals surface area contributed by atoms with Crippen LogP contribution in [0.5, 0.6) is 0 Å². The van der Waals surface area contributed by atoms with E-state index in [0.717, 1.165) is 6.42 Å². The maximum absolute atomic E-state index is 10.2. The van der Waals surface area contributed by atoms with Crippen LogP contribution in [-0.2, 0) is 18.9 Å². The maximum Gasteiger partial charge on any atom is 0.186 e. The maximum atomic E-state index is 10.2. The largest absolute Gasteiger partial charge is 0.394 e. The third-order valence-corrected chi connectivity index (χ3v) is 4.77. The minimum Gasteiger partial charge on any atom is -0.394 e. The SMILES string of the molecule is NCCCCO[C@@H]1O[C@@H]([C@H](O)CO[C@@H]2O[C@@H]([C@H](O)CO)C(O)[C@@H]2O)C(O)[C@@H]1O. The van der Waals surface area contributed by atoms with E-state index in [-0.39, 0.29) is 6.61 Å². The molecular formula is C16H31NO11. The molecule has 0 amide bonds. The van der Waals surface area contributed by atoms with Gasteiger partial charge in [0.05, 0.1) is 13.2 Å². The van der Waals surface area contributed by atoms with Crippen LogP contribution in [0.1, 0.15) is 12.8 Å². The number of ether oxygens (including phenoxy) is 4. The van der Waals surface area contributed by atoms with Gasteiger partial charge in [-0.1, -0.05) is 0 Å². The second-order valence-corrected chi connectivity index (χ2v) is 6.92. The van der Waals surface area contributed by atoms with Crippen LogP contribution in [0.25, 0.3) is 0 Å². The van der Waals surface area contributed by atoms with E-state index in [1.807, 2.05) is 0 Å². The first kappa shape index (κ1) is 23.8. The Hall–Kier alpha value is -0.480. The highest BCUT2D eigenvalue weighted by Crippen LogP contribution is 2.27. The number of rotatable bonds is 11. The standard InChI is InChI=1S/C16H31NO11/c17-3-1-2-4-25-15-11(23)10(22)14(28-15)8(20)6-26-16-12(24)9(21)13(27-16)7(19)5-18/h7-16,18-24H,1-6,17H2/t7-,8-,9?,10?,11+,12+,13+,14+,15-,16-/m1/s1. The third kappa shape index (κ3) is 5.56. The van der Waals surface area contributed by atoms with Gasteiger partial charge in [0.25, 0.3) is 0 Å². The summed E-state index contributed by atoms with van der Waals surface area (Å²) in [5.41, 5.74) is 5.38. The lowest BCUT2D eigenvalue weighted by Gasteiger charge is -2.23. The molecular weight excluding hydrogens is 382 g/mol. The van der Waals surface area contributed by atoms with Crippen LogP contribution in [0.3, 0.4) is 0 Å². The van der Waals surface area contributed by atoms with Gasteiger partial charge >= 0.3 is 0 Å². The molecule has 0 aromatic carbocycles. The molecule has 12 heteroatoms.